The van der Waals surface area contributed by atoms with Crippen LogP contribution in [0.3, 0.4) is 0 Å². The van der Waals surface area contributed by atoms with Gasteiger partial charge in [0.15, 0.2) is 0 Å². The van der Waals surface area contributed by atoms with Crippen molar-refractivity contribution in [3.63, 3.8) is 0 Å². The first-order valence-electron chi connectivity index (χ1n) is 8.88. The largest absolute Gasteiger partial charge is 0.342 e. The summed E-state index contributed by atoms with van der Waals surface area (Å²) in [5.41, 5.74) is 0. The van der Waals surface area contributed by atoms with E-state index in [1.165, 1.54) is 25.0 Å². The molecule has 0 unspecified atom stereocenters. The number of nitro groups is 1. The maximum absolute atomic E-state index is 12.7. The number of hydrogen-bond acceptors (Lipinski definition) is 5. The van der Waals surface area contributed by atoms with Gasteiger partial charge in [0.2, 0.25) is 5.91 Å². The second-order valence-electron chi connectivity index (χ2n) is 6.70. The standard InChI is InChI=1S/C17H23N3O4S/c21-16(18-9-3-1-2-4-10-18)13-7-11-19(12-8-13)17(22)14-5-6-15(25-14)20(23)24/h5-6,13H,1-4,7-12H2. The zero-order valence-electron chi connectivity index (χ0n) is 14.2. The second kappa shape index (κ2) is 7.95. The number of amides is 2. The molecule has 0 N–H and O–H groups in total. The summed E-state index contributed by atoms with van der Waals surface area (Å²) in [4.78, 5) is 39.5. The maximum Gasteiger partial charge on any atom is 0.324 e. The molecule has 1 aromatic rings. The zero-order valence-corrected chi connectivity index (χ0v) is 15.0. The maximum atomic E-state index is 12.7. The Bertz CT molecular complexity index is 644. The average molecular weight is 365 g/mol. The van der Waals surface area contributed by atoms with E-state index < -0.39 is 4.92 Å². The third-order valence-corrected chi connectivity index (χ3v) is 6.06. The molecule has 0 aromatic carbocycles. The number of piperidine rings is 1. The Morgan fingerprint density at radius 3 is 2.20 bits per heavy atom. The Labute approximate surface area is 150 Å². The Morgan fingerprint density at radius 2 is 1.64 bits per heavy atom. The number of carbonyl (C=O) groups excluding carboxylic acids is 2. The number of nitrogens with zero attached hydrogens (tertiary/aromatic N) is 3. The van der Waals surface area contributed by atoms with Gasteiger partial charge in [-0.15, -0.1) is 0 Å². The molecule has 2 aliphatic heterocycles. The molecular weight excluding hydrogens is 342 g/mol. The van der Waals surface area contributed by atoms with Crippen LogP contribution in [-0.2, 0) is 4.79 Å². The van der Waals surface area contributed by atoms with Crippen LogP contribution in [0.15, 0.2) is 12.1 Å². The number of carbonyl (C=O) groups is 2. The lowest BCUT2D eigenvalue weighted by Crippen LogP contribution is -2.44. The average Bonchev–Trinajstić information content (AvgIpc) is 2.97. The molecule has 3 heterocycles. The molecule has 2 fully saturated rings. The van der Waals surface area contributed by atoms with Gasteiger partial charge in [-0.2, -0.15) is 0 Å². The fraction of sp³-hybridized carbons (Fsp3) is 0.647. The van der Waals surface area contributed by atoms with Crippen molar-refractivity contribution in [3.05, 3.63) is 27.1 Å². The van der Waals surface area contributed by atoms with Crippen molar-refractivity contribution in [2.45, 2.75) is 38.5 Å². The molecule has 25 heavy (non-hydrogen) atoms. The monoisotopic (exact) mass is 365 g/mol. The van der Waals surface area contributed by atoms with E-state index >= 15 is 0 Å². The fourth-order valence-corrected chi connectivity index (χ4v) is 4.36. The number of thiophene rings is 1. The third-order valence-electron chi connectivity index (χ3n) is 5.03. The Kier molecular flexibility index (Phi) is 5.67. The second-order valence-corrected chi connectivity index (χ2v) is 7.76. The highest BCUT2D eigenvalue weighted by Gasteiger charge is 2.31. The van der Waals surface area contributed by atoms with E-state index in [1.807, 2.05) is 4.90 Å². The van der Waals surface area contributed by atoms with Crippen LogP contribution in [0.4, 0.5) is 5.00 Å². The molecule has 0 saturated carbocycles. The minimum atomic E-state index is -0.479. The lowest BCUT2D eigenvalue weighted by Gasteiger charge is -2.33. The Hall–Kier alpha value is -1.96. The molecule has 2 amide bonds. The molecule has 2 saturated heterocycles. The van der Waals surface area contributed by atoms with Gasteiger partial charge in [0.1, 0.15) is 0 Å². The molecule has 0 aliphatic carbocycles. The highest BCUT2D eigenvalue weighted by atomic mass is 32.1. The normalized spacial score (nSPS) is 19.5. The van der Waals surface area contributed by atoms with Crippen molar-refractivity contribution in [1.29, 1.82) is 0 Å². The van der Waals surface area contributed by atoms with E-state index in [4.69, 9.17) is 0 Å². The highest BCUT2D eigenvalue weighted by Crippen LogP contribution is 2.27. The predicted molar refractivity (Wildman–Crippen MR) is 94.6 cm³/mol. The molecule has 3 rings (SSSR count). The van der Waals surface area contributed by atoms with Gasteiger partial charge in [-0.1, -0.05) is 24.2 Å². The molecule has 0 bridgehead atoms. The van der Waals surface area contributed by atoms with E-state index in [9.17, 15) is 19.7 Å². The van der Waals surface area contributed by atoms with Crippen LogP contribution in [0, 0.1) is 16.0 Å². The van der Waals surface area contributed by atoms with Crippen LogP contribution in [0.2, 0.25) is 0 Å². The molecular formula is C17H23N3O4S. The molecule has 136 valence electrons. The quantitative estimate of drug-likeness (QED) is 0.609. The first kappa shape index (κ1) is 17.8. The van der Waals surface area contributed by atoms with Crippen LogP contribution in [0.1, 0.15) is 48.2 Å². The minimum Gasteiger partial charge on any atom is -0.342 e. The lowest BCUT2D eigenvalue weighted by atomic mass is 9.95. The van der Waals surface area contributed by atoms with Gasteiger partial charge in [-0.05, 0) is 31.7 Å². The van der Waals surface area contributed by atoms with E-state index in [0.717, 1.165) is 37.3 Å². The van der Waals surface area contributed by atoms with Crippen molar-refractivity contribution < 1.29 is 14.5 Å². The predicted octanol–water partition coefficient (Wildman–Crippen LogP) is 2.91. The smallest absolute Gasteiger partial charge is 0.324 e. The summed E-state index contributed by atoms with van der Waals surface area (Å²) in [7, 11) is 0. The van der Waals surface area contributed by atoms with Crippen molar-refractivity contribution >= 4 is 28.2 Å². The summed E-state index contributed by atoms with van der Waals surface area (Å²) >= 11 is 0.909. The summed E-state index contributed by atoms with van der Waals surface area (Å²) in [5, 5.41) is 10.7. The molecule has 8 heteroatoms. The van der Waals surface area contributed by atoms with Crippen LogP contribution in [0.5, 0.6) is 0 Å². The van der Waals surface area contributed by atoms with E-state index in [-0.39, 0.29) is 22.7 Å². The van der Waals surface area contributed by atoms with Gasteiger partial charge < -0.3 is 9.80 Å². The zero-order chi connectivity index (χ0) is 17.8. The fourth-order valence-electron chi connectivity index (χ4n) is 3.58. The summed E-state index contributed by atoms with van der Waals surface area (Å²) in [6, 6.07) is 2.88. The Balaban J connectivity index is 1.54. The summed E-state index contributed by atoms with van der Waals surface area (Å²) < 4.78 is 0. The first-order valence-corrected chi connectivity index (χ1v) is 9.70. The number of hydrogen-bond donors (Lipinski definition) is 0. The SMILES string of the molecule is O=C(c1ccc([N+](=O)[O-])s1)N1CCC(C(=O)N2CCCCCC2)CC1. The lowest BCUT2D eigenvalue weighted by molar-refractivity contribution is -0.380. The van der Waals surface area contributed by atoms with Gasteiger partial charge in [0.05, 0.1) is 9.80 Å². The van der Waals surface area contributed by atoms with Crippen LogP contribution in [0.25, 0.3) is 0 Å². The molecule has 1 aromatic heterocycles. The molecule has 0 radical (unpaired) electrons. The van der Waals surface area contributed by atoms with Gasteiger partial charge >= 0.3 is 5.00 Å². The van der Waals surface area contributed by atoms with Crippen LogP contribution in [-0.4, -0.2) is 52.7 Å². The minimum absolute atomic E-state index is 0.000165. The summed E-state index contributed by atoms with van der Waals surface area (Å²) in [6.45, 7) is 2.79. The van der Waals surface area contributed by atoms with Crippen molar-refractivity contribution in [3.8, 4) is 0 Å². The highest BCUT2D eigenvalue weighted by molar-refractivity contribution is 7.17. The molecule has 7 nitrogen and oxygen atoms in total. The Morgan fingerprint density at radius 1 is 1.00 bits per heavy atom. The van der Waals surface area contributed by atoms with E-state index in [1.54, 1.807) is 4.90 Å². The van der Waals surface area contributed by atoms with Crippen molar-refractivity contribution in [1.82, 2.24) is 9.80 Å². The van der Waals surface area contributed by atoms with Crippen molar-refractivity contribution in [2.75, 3.05) is 26.2 Å². The molecule has 2 aliphatic rings. The topological polar surface area (TPSA) is 83.8 Å². The summed E-state index contributed by atoms with van der Waals surface area (Å²) in [6.07, 6.45) is 5.91. The van der Waals surface area contributed by atoms with E-state index in [0.29, 0.717) is 30.8 Å². The number of rotatable bonds is 3. The molecule has 0 spiro atoms. The van der Waals surface area contributed by atoms with Crippen LogP contribution < -0.4 is 0 Å². The van der Waals surface area contributed by atoms with Gasteiger partial charge in [-0.3, -0.25) is 19.7 Å². The van der Waals surface area contributed by atoms with Gasteiger partial charge in [0, 0.05) is 38.2 Å². The summed E-state index contributed by atoms with van der Waals surface area (Å²) in [5.74, 6) is 0.0688. The van der Waals surface area contributed by atoms with Crippen molar-refractivity contribution in [2.24, 2.45) is 5.92 Å². The number of likely N-dealkylation sites (tertiary alicyclic amines) is 2. The van der Waals surface area contributed by atoms with Crippen LogP contribution >= 0.6 is 11.3 Å². The van der Waals surface area contributed by atoms with E-state index in [2.05, 4.69) is 0 Å². The van der Waals surface area contributed by atoms with Gasteiger partial charge in [0.25, 0.3) is 5.91 Å². The first-order chi connectivity index (χ1) is 12.1. The van der Waals surface area contributed by atoms with Gasteiger partial charge in [-0.25, -0.2) is 0 Å². The third kappa shape index (κ3) is 4.18. The molecule has 0 atom stereocenters.